The second-order valence-electron chi connectivity index (χ2n) is 5.60. The number of ether oxygens (including phenoxy) is 2. The van der Waals surface area contributed by atoms with Crippen LogP contribution >= 0.6 is 11.6 Å². The lowest BCUT2D eigenvalue weighted by Gasteiger charge is -2.16. The van der Waals surface area contributed by atoms with Crippen molar-refractivity contribution in [3.63, 3.8) is 0 Å². The third kappa shape index (κ3) is 5.37. The molecule has 0 saturated heterocycles. The molecule has 140 valence electrons. The van der Waals surface area contributed by atoms with Crippen molar-refractivity contribution in [2.24, 2.45) is 5.10 Å². The van der Waals surface area contributed by atoms with Crippen LogP contribution in [0.2, 0.25) is 5.02 Å². The van der Waals surface area contributed by atoms with Crippen molar-refractivity contribution in [2.45, 2.75) is 31.8 Å². The van der Waals surface area contributed by atoms with Gasteiger partial charge in [-0.2, -0.15) is 13.5 Å². The largest absolute Gasteiger partial charge is 0.490 e. The number of nitrogens with zero attached hydrogens (tertiary/aromatic N) is 1. The van der Waals surface area contributed by atoms with Crippen LogP contribution in [-0.4, -0.2) is 27.3 Å². The van der Waals surface area contributed by atoms with E-state index in [1.807, 2.05) is 20.8 Å². The molecule has 0 amide bonds. The number of rotatable bonds is 8. The molecule has 0 aliphatic carbocycles. The van der Waals surface area contributed by atoms with E-state index >= 15 is 0 Å². The Labute approximate surface area is 158 Å². The topological polar surface area (TPSA) is 77.0 Å². The molecule has 6 nitrogen and oxygen atoms in total. The van der Waals surface area contributed by atoms with Crippen molar-refractivity contribution in [1.29, 1.82) is 0 Å². The normalized spacial score (nSPS) is 11.7. The van der Waals surface area contributed by atoms with Crippen LogP contribution in [0.4, 0.5) is 0 Å². The van der Waals surface area contributed by atoms with Crippen molar-refractivity contribution < 1.29 is 17.9 Å². The van der Waals surface area contributed by atoms with Gasteiger partial charge < -0.3 is 9.47 Å². The number of hydrogen-bond acceptors (Lipinski definition) is 5. The maximum Gasteiger partial charge on any atom is 0.276 e. The molecule has 2 aromatic carbocycles. The Morgan fingerprint density at radius 1 is 1.23 bits per heavy atom. The second kappa shape index (κ2) is 8.91. The Kier molecular flexibility index (Phi) is 6.88. The van der Waals surface area contributed by atoms with Crippen LogP contribution in [0.5, 0.6) is 11.5 Å². The van der Waals surface area contributed by atoms with Gasteiger partial charge in [-0.3, -0.25) is 0 Å². The molecule has 0 aliphatic heterocycles. The van der Waals surface area contributed by atoms with Gasteiger partial charge >= 0.3 is 0 Å². The Balaban J connectivity index is 2.22. The first kappa shape index (κ1) is 20.1. The minimum atomic E-state index is -3.72. The zero-order valence-corrected chi connectivity index (χ0v) is 16.3. The minimum absolute atomic E-state index is 0.0658. The number of hydrazone groups is 1. The number of halogens is 1. The van der Waals surface area contributed by atoms with E-state index in [0.717, 1.165) is 0 Å². The van der Waals surface area contributed by atoms with Crippen molar-refractivity contribution in [3.8, 4) is 11.5 Å². The van der Waals surface area contributed by atoms with Crippen LogP contribution < -0.4 is 14.3 Å². The Morgan fingerprint density at radius 3 is 2.54 bits per heavy atom. The van der Waals surface area contributed by atoms with Crippen LogP contribution in [0.25, 0.3) is 0 Å². The third-order valence-corrected chi connectivity index (χ3v) is 4.64. The van der Waals surface area contributed by atoms with Crippen molar-refractivity contribution in [2.75, 3.05) is 6.61 Å². The molecule has 0 aliphatic rings. The van der Waals surface area contributed by atoms with E-state index in [1.165, 1.54) is 18.3 Å². The van der Waals surface area contributed by atoms with Gasteiger partial charge in [0.25, 0.3) is 10.0 Å². The maximum absolute atomic E-state index is 12.1. The molecule has 2 rings (SSSR count). The average molecular weight is 397 g/mol. The lowest BCUT2D eigenvalue weighted by Crippen LogP contribution is -2.18. The molecule has 26 heavy (non-hydrogen) atoms. The van der Waals surface area contributed by atoms with Gasteiger partial charge in [-0.15, -0.1) is 0 Å². The predicted molar refractivity (Wildman–Crippen MR) is 103 cm³/mol. The predicted octanol–water partition coefficient (Wildman–Crippen LogP) is 3.84. The molecule has 2 aromatic rings. The van der Waals surface area contributed by atoms with Crippen molar-refractivity contribution >= 4 is 27.8 Å². The highest BCUT2D eigenvalue weighted by Gasteiger charge is 2.14. The van der Waals surface area contributed by atoms with Gasteiger partial charge in [0.15, 0.2) is 11.5 Å². The molecule has 0 bridgehead atoms. The summed E-state index contributed by atoms with van der Waals surface area (Å²) in [5.74, 6) is 0.923. The molecular weight excluding hydrogens is 376 g/mol. The van der Waals surface area contributed by atoms with Crippen LogP contribution in [0.15, 0.2) is 52.5 Å². The van der Waals surface area contributed by atoms with Gasteiger partial charge in [0.1, 0.15) is 0 Å². The number of nitrogens with one attached hydrogen (secondary N) is 1. The van der Waals surface area contributed by atoms with Crippen LogP contribution in [-0.2, 0) is 10.0 Å². The van der Waals surface area contributed by atoms with E-state index in [1.54, 1.807) is 30.3 Å². The molecule has 0 atom stereocenters. The molecule has 0 heterocycles. The van der Waals surface area contributed by atoms with E-state index in [4.69, 9.17) is 21.1 Å². The summed E-state index contributed by atoms with van der Waals surface area (Å²) in [6.45, 7) is 6.06. The molecule has 0 saturated carbocycles. The average Bonchev–Trinajstić information content (AvgIpc) is 2.58. The first-order chi connectivity index (χ1) is 12.3. The molecule has 0 fully saturated rings. The minimum Gasteiger partial charge on any atom is -0.490 e. The first-order valence-corrected chi connectivity index (χ1v) is 9.92. The van der Waals surface area contributed by atoms with E-state index < -0.39 is 10.0 Å². The zero-order chi connectivity index (χ0) is 19.2. The molecule has 0 aromatic heterocycles. The maximum atomic E-state index is 12.1. The smallest absolute Gasteiger partial charge is 0.276 e. The summed E-state index contributed by atoms with van der Waals surface area (Å²) in [5, 5.41) is 4.16. The number of sulfonamides is 1. The fraction of sp³-hybridized carbons (Fsp3) is 0.278. The lowest BCUT2D eigenvalue weighted by molar-refractivity contribution is 0.224. The van der Waals surface area contributed by atoms with Gasteiger partial charge in [-0.25, -0.2) is 4.83 Å². The summed E-state index contributed by atoms with van der Waals surface area (Å²) >= 11 is 6.27. The summed E-state index contributed by atoms with van der Waals surface area (Å²) in [5.41, 5.74) is 0.574. The molecule has 0 unspecified atom stereocenters. The highest BCUT2D eigenvalue weighted by Crippen LogP contribution is 2.37. The van der Waals surface area contributed by atoms with Gasteiger partial charge in [-0.05, 0) is 50.6 Å². The van der Waals surface area contributed by atoms with E-state index in [9.17, 15) is 8.42 Å². The lowest BCUT2D eigenvalue weighted by atomic mass is 10.2. The SMILES string of the molecule is CCOc1cc(/C=N/NS(=O)(=O)c2ccccc2)cc(Cl)c1OC(C)C. The standard InChI is InChI=1S/C18H21ClN2O4S/c1-4-24-17-11-14(10-16(19)18(17)25-13(2)3)12-20-21-26(22,23)15-8-6-5-7-9-15/h5-13,21H,4H2,1-3H3/b20-12+. The number of hydrogen-bond donors (Lipinski definition) is 1. The molecule has 1 N–H and O–H groups in total. The summed E-state index contributed by atoms with van der Waals surface area (Å²) in [6, 6.07) is 11.3. The van der Waals surface area contributed by atoms with Gasteiger partial charge in [0, 0.05) is 0 Å². The molecule has 8 heteroatoms. The summed E-state index contributed by atoms with van der Waals surface area (Å²) in [4.78, 5) is 2.30. The van der Waals surface area contributed by atoms with Gasteiger partial charge in [0.2, 0.25) is 0 Å². The molecular formula is C18H21ClN2O4S. The highest BCUT2D eigenvalue weighted by atomic mass is 35.5. The van der Waals surface area contributed by atoms with Gasteiger partial charge in [0.05, 0.1) is 28.8 Å². The summed E-state index contributed by atoms with van der Waals surface area (Å²) < 4.78 is 35.5. The Morgan fingerprint density at radius 2 is 1.92 bits per heavy atom. The Bertz CT molecular complexity index is 868. The van der Waals surface area contributed by atoms with E-state index in [0.29, 0.717) is 28.7 Å². The van der Waals surface area contributed by atoms with Crippen molar-refractivity contribution in [1.82, 2.24) is 4.83 Å². The van der Waals surface area contributed by atoms with E-state index in [-0.39, 0.29) is 11.0 Å². The van der Waals surface area contributed by atoms with Gasteiger partial charge in [-0.1, -0.05) is 29.8 Å². The fourth-order valence-corrected chi connectivity index (χ4v) is 3.17. The van der Waals surface area contributed by atoms with Crippen LogP contribution in [0, 0.1) is 0 Å². The monoisotopic (exact) mass is 396 g/mol. The Hall–Kier alpha value is -2.25. The highest BCUT2D eigenvalue weighted by molar-refractivity contribution is 7.89. The third-order valence-electron chi connectivity index (χ3n) is 3.13. The van der Waals surface area contributed by atoms with E-state index in [2.05, 4.69) is 9.93 Å². The first-order valence-electron chi connectivity index (χ1n) is 8.06. The zero-order valence-electron chi connectivity index (χ0n) is 14.8. The number of benzene rings is 2. The van der Waals surface area contributed by atoms with Crippen molar-refractivity contribution in [3.05, 3.63) is 53.1 Å². The quantitative estimate of drug-likeness (QED) is 0.543. The molecule has 0 radical (unpaired) electrons. The van der Waals surface area contributed by atoms with Crippen LogP contribution in [0.1, 0.15) is 26.3 Å². The summed E-state index contributed by atoms with van der Waals surface area (Å²) in [6.07, 6.45) is 1.29. The summed E-state index contributed by atoms with van der Waals surface area (Å²) in [7, 11) is -3.72. The molecule has 0 spiro atoms. The van der Waals surface area contributed by atoms with Crippen LogP contribution in [0.3, 0.4) is 0 Å². The second-order valence-corrected chi connectivity index (χ2v) is 7.66. The fourth-order valence-electron chi connectivity index (χ4n) is 2.10.